The lowest BCUT2D eigenvalue weighted by Gasteiger charge is -2.12. The molecule has 0 radical (unpaired) electrons. The molecule has 1 N–H and O–H groups in total. The number of hydrogen-bond acceptors (Lipinski definition) is 5. The molecule has 0 bridgehead atoms. The first-order chi connectivity index (χ1) is 8.11. The summed E-state index contributed by atoms with van der Waals surface area (Å²) in [6.45, 7) is 1.73. The molecule has 17 heavy (non-hydrogen) atoms. The van der Waals surface area contributed by atoms with E-state index in [-0.39, 0.29) is 5.71 Å². The Hall–Kier alpha value is -2.04. The SMILES string of the molecule is CCC(C(=N)C(=O)c1cccnc1)C(=O)OC. The molecule has 5 nitrogen and oxygen atoms in total. The van der Waals surface area contributed by atoms with Crippen LogP contribution in [0.4, 0.5) is 0 Å². The Labute approximate surface area is 99.3 Å². The minimum absolute atomic E-state index is 0.257. The van der Waals surface area contributed by atoms with Gasteiger partial charge in [0.05, 0.1) is 12.8 Å². The molecule has 5 heteroatoms. The number of ether oxygens (including phenoxy) is 1. The molecule has 1 heterocycles. The third kappa shape index (κ3) is 2.96. The highest BCUT2D eigenvalue weighted by Gasteiger charge is 2.27. The van der Waals surface area contributed by atoms with E-state index in [9.17, 15) is 9.59 Å². The van der Waals surface area contributed by atoms with Gasteiger partial charge in [-0.2, -0.15) is 0 Å². The van der Waals surface area contributed by atoms with Crippen molar-refractivity contribution in [3.63, 3.8) is 0 Å². The molecule has 0 aliphatic heterocycles. The van der Waals surface area contributed by atoms with Gasteiger partial charge in [-0.05, 0) is 18.6 Å². The van der Waals surface area contributed by atoms with Gasteiger partial charge in [0.2, 0.25) is 5.78 Å². The average Bonchev–Trinajstić information content (AvgIpc) is 2.39. The summed E-state index contributed by atoms with van der Waals surface area (Å²) in [6.07, 6.45) is 3.27. The van der Waals surface area contributed by atoms with Crippen molar-refractivity contribution in [2.24, 2.45) is 5.92 Å². The van der Waals surface area contributed by atoms with E-state index in [0.717, 1.165) is 0 Å². The minimum atomic E-state index is -0.812. The van der Waals surface area contributed by atoms with Gasteiger partial charge in [0.15, 0.2) is 0 Å². The van der Waals surface area contributed by atoms with Crippen LogP contribution in [0.5, 0.6) is 0 Å². The van der Waals surface area contributed by atoms with Gasteiger partial charge in [-0.25, -0.2) is 0 Å². The number of hydrogen-bond donors (Lipinski definition) is 1. The third-order valence-electron chi connectivity index (χ3n) is 2.41. The Morgan fingerprint density at radius 2 is 2.24 bits per heavy atom. The van der Waals surface area contributed by atoms with Gasteiger partial charge >= 0.3 is 5.97 Å². The second-order valence-electron chi connectivity index (χ2n) is 3.47. The van der Waals surface area contributed by atoms with Gasteiger partial charge in [0.1, 0.15) is 5.92 Å². The maximum Gasteiger partial charge on any atom is 0.314 e. The van der Waals surface area contributed by atoms with E-state index in [1.807, 2.05) is 0 Å². The van der Waals surface area contributed by atoms with E-state index in [1.165, 1.54) is 19.5 Å². The Kier molecular flexibility index (Phi) is 4.51. The van der Waals surface area contributed by atoms with Crippen molar-refractivity contribution in [3.05, 3.63) is 30.1 Å². The van der Waals surface area contributed by atoms with Crippen molar-refractivity contribution in [3.8, 4) is 0 Å². The Bertz CT molecular complexity index is 429. The van der Waals surface area contributed by atoms with Crippen LogP contribution in [0.3, 0.4) is 0 Å². The van der Waals surface area contributed by atoms with Crippen LogP contribution in [-0.2, 0) is 9.53 Å². The monoisotopic (exact) mass is 234 g/mol. The van der Waals surface area contributed by atoms with Crippen LogP contribution in [0.2, 0.25) is 0 Å². The van der Waals surface area contributed by atoms with E-state index >= 15 is 0 Å². The topological polar surface area (TPSA) is 80.1 Å². The van der Waals surface area contributed by atoms with E-state index in [4.69, 9.17) is 5.41 Å². The molecular weight excluding hydrogens is 220 g/mol. The fraction of sp³-hybridized carbons (Fsp3) is 0.333. The van der Waals surface area contributed by atoms with Crippen LogP contribution >= 0.6 is 0 Å². The summed E-state index contributed by atoms with van der Waals surface area (Å²) < 4.78 is 4.56. The molecular formula is C12H14N2O3. The molecule has 90 valence electrons. The number of esters is 1. The quantitative estimate of drug-likeness (QED) is 0.475. The van der Waals surface area contributed by atoms with E-state index in [2.05, 4.69) is 9.72 Å². The standard InChI is InChI=1S/C12H14N2O3/c1-3-9(12(16)17-2)10(13)11(15)8-5-4-6-14-7-8/h4-7,9,13H,3H2,1-2H3. The largest absolute Gasteiger partial charge is 0.469 e. The normalized spacial score (nSPS) is 11.6. The molecule has 1 rings (SSSR count). The fourth-order valence-electron chi connectivity index (χ4n) is 1.44. The number of carbonyl (C=O) groups is 2. The van der Waals surface area contributed by atoms with Crippen molar-refractivity contribution < 1.29 is 14.3 Å². The lowest BCUT2D eigenvalue weighted by atomic mass is 9.94. The number of carbonyl (C=O) groups excluding carboxylic acids is 2. The second-order valence-corrected chi connectivity index (χ2v) is 3.47. The predicted molar refractivity (Wildman–Crippen MR) is 62.1 cm³/mol. The Balaban J connectivity index is 2.89. The lowest BCUT2D eigenvalue weighted by molar-refractivity contribution is -0.143. The zero-order valence-corrected chi connectivity index (χ0v) is 9.77. The smallest absolute Gasteiger partial charge is 0.314 e. The minimum Gasteiger partial charge on any atom is -0.469 e. The number of nitrogens with one attached hydrogen (secondary N) is 1. The number of nitrogens with zero attached hydrogens (tertiary/aromatic N) is 1. The van der Waals surface area contributed by atoms with Crippen LogP contribution < -0.4 is 0 Å². The van der Waals surface area contributed by atoms with Crippen molar-refractivity contribution in [1.29, 1.82) is 5.41 Å². The number of Topliss-reactive ketones (excluding diaryl/α,β-unsaturated/α-hetero) is 1. The number of methoxy groups -OCH3 is 1. The summed E-state index contributed by atoms with van der Waals surface area (Å²) in [5.41, 5.74) is 0.0483. The Morgan fingerprint density at radius 3 is 2.71 bits per heavy atom. The first-order valence-corrected chi connectivity index (χ1v) is 5.22. The summed E-state index contributed by atoms with van der Waals surface area (Å²) in [5.74, 6) is -1.86. The number of ketones is 1. The molecule has 1 atom stereocenters. The zero-order valence-electron chi connectivity index (χ0n) is 9.77. The first-order valence-electron chi connectivity index (χ1n) is 5.22. The number of rotatable bonds is 5. The van der Waals surface area contributed by atoms with Crippen molar-refractivity contribution in [1.82, 2.24) is 4.98 Å². The summed E-state index contributed by atoms with van der Waals surface area (Å²) in [6, 6.07) is 3.17. The van der Waals surface area contributed by atoms with Gasteiger partial charge in [0, 0.05) is 18.0 Å². The maximum absolute atomic E-state index is 11.9. The third-order valence-corrected chi connectivity index (χ3v) is 2.41. The number of pyridine rings is 1. The van der Waals surface area contributed by atoms with E-state index in [0.29, 0.717) is 12.0 Å². The molecule has 1 aromatic rings. The molecule has 0 aromatic carbocycles. The van der Waals surface area contributed by atoms with E-state index < -0.39 is 17.7 Å². The van der Waals surface area contributed by atoms with Gasteiger partial charge in [-0.3, -0.25) is 14.6 Å². The van der Waals surface area contributed by atoms with Crippen molar-refractivity contribution >= 4 is 17.5 Å². The van der Waals surface area contributed by atoms with Crippen LogP contribution in [0.25, 0.3) is 0 Å². The molecule has 0 amide bonds. The average molecular weight is 234 g/mol. The molecule has 0 saturated carbocycles. The van der Waals surface area contributed by atoms with Crippen LogP contribution in [0, 0.1) is 11.3 Å². The summed E-state index contributed by atoms with van der Waals surface area (Å²) >= 11 is 0. The Morgan fingerprint density at radius 1 is 1.53 bits per heavy atom. The molecule has 0 aliphatic rings. The summed E-state index contributed by atoms with van der Waals surface area (Å²) in [7, 11) is 1.24. The fourth-order valence-corrected chi connectivity index (χ4v) is 1.44. The second kappa shape index (κ2) is 5.89. The highest BCUT2D eigenvalue weighted by atomic mass is 16.5. The van der Waals surface area contributed by atoms with E-state index in [1.54, 1.807) is 19.1 Å². The molecule has 0 fully saturated rings. The van der Waals surface area contributed by atoms with Gasteiger partial charge in [-0.1, -0.05) is 6.92 Å². The maximum atomic E-state index is 11.9. The summed E-state index contributed by atoms with van der Waals surface area (Å²) in [5, 5.41) is 7.74. The lowest BCUT2D eigenvalue weighted by Crippen LogP contribution is -2.30. The van der Waals surface area contributed by atoms with Crippen molar-refractivity contribution in [2.45, 2.75) is 13.3 Å². The molecule has 0 spiro atoms. The highest BCUT2D eigenvalue weighted by Crippen LogP contribution is 2.11. The summed E-state index contributed by atoms with van der Waals surface area (Å²) in [4.78, 5) is 27.1. The van der Waals surface area contributed by atoms with Crippen molar-refractivity contribution in [2.75, 3.05) is 7.11 Å². The first kappa shape index (κ1) is 13.0. The zero-order chi connectivity index (χ0) is 12.8. The van der Waals surface area contributed by atoms with Gasteiger partial charge < -0.3 is 10.1 Å². The van der Waals surface area contributed by atoms with Gasteiger partial charge in [0.25, 0.3) is 0 Å². The molecule has 0 saturated heterocycles. The van der Waals surface area contributed by atoms with Crippen LogP contribution in [-0.4, -0.2) is 29.6 Å². The highest BCUT2D eigenvalue weighted by molar-refractivity contribution is 6.47. The van der Waals surface area contributed by atoms with Crippen LogP contribution in [0.15, 0.2) is 24.5 Å². The molecule has 1 unspecified atom stereocenters. The van der Waals surface area contributed by atoms with Crippen LogP contribution in [0.1, 0.15) is 23.7 Å². The molecule has 0 aliphatic carbocycles. The van der Waals surface area contributed by atoms with Gasteiger partial charge in [-0.15, -0.1) is 0 Å². The number of aromatic nitrogens is 1. The molecule has 1 aromatic heterocycles. The predicted octanol–water partition coefficient (Wildman–Crippen LogP) is 1.48.